The number of H-pyrrole nitrogens is 1. The standard InChI is InChI=1S/C21H20N4O3/c1-13-10-16-17(11-14(13)2)25(8-9-28-12-15-6-4-3-5-7-15)19-18(22-16)20(26)24-21(27)23-19/h3-7,10-11H,8-9,12H2,1-2H3,(H,24,26,27). The Labute approximate surface area is 161 Å². The van der Waals surface area contributed by atoms with Crippen molar-refractivity contribution in [3.63, 3.8) is 0 Å². The molecule has 0 spiro atoms. The van der Waals surface area contributed by atoms with Crippen LogP contribution in [0.4, 0.5) is 0 Å². The summed E-state index contributed by atoms with van der Waals surface area (Å²) in [7, 11) is 0. The number of aromatic amines is 1. The molecule has 2 heterocycles. The SMILES string of the molecule is Cc1cc2nc3c(=O)[nH]c(=O)nc-3n(CCOCc3ccccc3)c2cc1C. The molecule has 0 saturated heterocycles. The maximum absolute atomic E-state index is 12.3. The Balaban J connectivity index is 1.74. The number of aromatic nitrogens is 4. The van der Waals surface area contributed by atoms with Crippen molar-refractivity contribution in [1.29, 1.82) is 0 Å². The molecule has 0 unspecified atom stereocenters. The van der Waals surface area contributed by atoms with E-state index in [9.17, 15) is 9.59 Å². The zero-order chi connectivity index (χ0) is 19.7. The third-order valence-electron chi connectivity index (χ3n) is 4.80. The highest BCUT2D eigenvalue weighted by atomic mass is 16.5. The summed E-state index contributed by atoms with van der Waals surface area (Å²) in [5.41, 5.74) is 3.70. The molecule has 1 N–H and O–H groups in total. The highest BCUT2D eigenvalue weighted by molar-refractivity contribution is 5.81. The van der Waals surface area contributed by atoms with Crippen LogP contribution in [0.25, 0.3) is 22.6 Å². The lowest BCUT2D eigenvalue weighted by atomic mass is 10.1. The quantitative estimate of drug-likeness (QED) is 0.427. The van der Waals surface area contributed by atoms with Crippen LogP contribution in [0.3, 0.4) is 0 Å². The van der Waals surface area contributed by atoms with Crippen molar-refractivity contribution in [1.82, 2.24) is 19.5 Å². The average molecular weight is 376 g/mol. The van der Waals surface area contributed by atoms with Crippen molar-refractivity contribution in [3.05, 3.63) is 80.0 Å². The van der Waals surface area contributed by atoms with Crippen molar-refractivity contribution in [2.24, 2.45) is 0 Å². The van der Waals surface area contributed by atoms with E-state index < -0.39 is 11.2 Å². The van der Waals surface area contributed by atoms with Crippen LogP contribution in [-0.2, 0) is 17.9 Å². The van der Waals surface area contributed by atoms with Crippen molar-refractivity contribution in [2.45, 2.75) is 27.0 Å². The van der Waals surface area contributed by atoms with Gasteiger partial charge < -0.3 is 9.30 Å². The topological polar surface area (TPSA) is 89.9 Å². The molecule has 0 bridgehead atoms. The third kappa shape index (κ3) is 3.44. The summed E-state index contributed by atoms with van der Waals surface area (Å²) in [6, 6.07) is 13.8. The molecule has 0 saturated carbocycles. The van der Waals surface area contributed by atoms with Crippen LogP contribution in [-0.4, -0.2) is 26.1 Å². The molecule has 2 aliphatic heterocycles. The number of ether oxygens (including phenoxy) is 1. The molecule has 28 heavy (non-hydrogen) atoms. The van der Waals surface area contributed by atoms with Crippen molar-refractivity contribution < 1.29 is 4.74 Å². The first-order valence-corrected chi connectivity index (χ1v) is 9.06. The molecular formula is C21H20N4O3. The first kappa shape index (κ1) is 18.1. The summed E-state index contributed by atoms with van der Waals surface area (Å²) in [5.74, 6) is 0.271. The Hall–Kier alpha value is -3.32. The Morgan fingerprint density at radius 3 is 2.57 bits per heavy atom. The lowest BCUT2D eigenvalue weighted by Gasteiger charge is -2.17. The number of hydrogen-bond acceptors (Lipinski definition) is 5. The smallest absolute Gasteiger partial charge is 0.349 e. The third-order valence-corrected chi connectivity index (χ3v) is 4.80. The maximum Gasteiger partial charge on any atom is 0.349 e. The van der Waals surface area contributed by atoms with E-state index >= 15 is 0 Å². The van der Waals surface area contributed by atoms with Gasteiger partial charge in [-0.15, -0.1) is 0 Å². The highest BCUT2D eigenvalue weighted by Gasteiger charge is 2.19. The molecule has 2 aliphatic rings. The van der Waals surface area contributed by atoms with Gasteiger partial charge in [0, 0.05) is 6.54 Å². The Morgan fingerprint density at radius 1 is 1.04 bits per heavy atom. The molecule has 0 fully saturated rings. The van der Waals surface area contributed by atoms with Crippen LogP contribution in [0.1, 0.15) is 16.7 Å². The van der Waals surface area contributed by atoms with Crippen molar-refractivity contribution in [2.75, 3.05) is 6.61 Å². The van der Waals surface area contributed by atoms with Gasteiger partial charge in [-0.05, 0) is 42.7 Å². The van der Waals surface area contributed by atoms with Crippen molar-refractivity contribution >= 4 is 11.0 Å². The maximum atomic E-state index is 12.3. The van der Waals surface area contributed by atoms with Crippen molar-refractivity contribution in [3.8, 4) is 11.5 Å². The second-order valence-electron chi connectivity index (χ2n) is 6.77. The summed E-state index contributed by atoms with van der Waals surface area (Å²) in [6.45, 7) is 5.35. The van der Waals surface area contributed by atoms with Gasteiger partial charge in [-0.3, -0.25) is 9.78 Å². The molecule has 142 valence electrons. The number of rotatable bonds is 5. The minimum atomic E-state index is -0.679. The zero-order valence-corrected chi connectivity index (χ0v) is 15.7. The minimum absolute atomic E-state index is 0.151. The Kier molecular flexibility index (Phi) is 4.75. The number of fused-ring (bicyclic) bond motifs is 2. The molecule has 0 radical (unpaired) electrons. The van der Waals surface area contributed by atoms with E-state index in [0.29, 0.717) is 25.3 Å². The van der Waals surface area contributed by atoms with Gasteiger partial charge in [0.25, 0.3) is 5.56 Å². The minimum Gasteiger partial charge on any atom is -0.375 e. The van der Waals surface area contributed by atoms with E-state index in [1.54, 1.807) is 0 Å². The van der Waals surface area contributed by atoms with E-state index in [2.05, 4.69) is 15.0 Å². The predicted molar refractivity (Wildman–Crippen MR) is 107 cm³/mol. The van der Waals surface area contributed by atoms with Crippen LogP contribution in [0.15, 0.2) is 52.1 Å². The molecule has 7 nitrogen and oxygen atoms in total. The second kappa shape index (κ2) is 7.36. The van der Waals surface area contributed by atoms with E-state index in [1.165, 1.54) is 0 Å². The first-order chi connectivity index (χ1) is 13.5. The predicted octanol–water partition coefficient (Wildman–Crippen LogP) is 2.42. The molecule has 0 aromatic heterocycles. The normalized spacial score (nSPS) is 11.4. The van der Waals surface area contributed by atoms with Gasteiger partial charge >= 0.3 is 5.69 Å². The zero-order valence-electron chi connectivity index (χ0n) is 15.7. The van der Waals surface area contributed by atoms with Gasteiger partial charge in [-0.2, -0.15) is 4.98 Å². The number of benzene rings is 2. The first-order valence-electron chi connectivity index (χ1n) is 9.06. The van der Waals surface area contributed by atoms with Gasteiger partial charge in [0.05, 0.1) is 24.2 Å². The Bertz CT molecular complexity index is 1230. The summed E-state index contributed by atoms with van der Waals surface area (Å²) in [4.78, 5) is 34.7. The molecule has 0 aliphatic carbocycles. The highest BCUT2D eigenvalue weighted by Crippen LogP contribution is 2.23. The fraction of sp³-hybridized carbons (Fsp3) is 0.238. The van der Waals surface area contributed by atoms with E-state index in [0.717, 1.165) is 22.2 Å². The number of nitrogens with zero attached hydrogens (tertiary/aromatic N) is 3. The Morgan fingerprint density at radius 2 is 1.79 bits per heavy atom. The fourth-order valence-electron chi connectivity index (χ4n) is 3.20. The molecule has 0 atom stereocenters. The van der Waals surface area contributed by atoms with E-state index in [1.807, 2.05) is 60.9 Å². The van der Waals surface area contributed by atoms with Crippen LogP contribution in [0, 0.1) is 13.8 Å². The van der Waals surface area contributed by atoms with Gasteiger partial charge in [-0.1, -0.05) is 30.3 Å². The number of hydrogen-bond donors (Lipinski definition) is 1. The molecule has 2 aromatic carbocycles. The van der Waals surface area contributed by atoms with Gasteiger partial charge in [-0.25, -0.2) is 9.78 Å². The number of nitrogens with one attached hydrogen (secondary N) is 1. The molecule has 4 rings (SSSR count). The monoisotopic (exact) mass is 376 g/mol. The average Bonchev–Trinajstić information content (AvgIpc) is 2.67. The lowest BCUT2D eigenvalue weighted by Crippen LogP contribution is -2.29. The fourth-order valence-corrected chi connectivity index (χ4v) is 3.20. The summed E-state index contributed by atoms with van der Waals surface area (Å²) >= 11 is 0. The van der Waals surface area contributed by atoms with Gasteiger partial charge in [0.2, 0.25) is 0 Å². The van der Waals surface area contributed by atoms with Gasteiger partial charge in [0.15, 0.2) is 11.5 Å². The lowest BCUT2D eigenvalue weighted by molar-refractivity contribution is 0.114. The molecule has 2 aromatic rings. The molecule has 0 amide bonds. The summed E-state index contributed by atoms with van der Waals surface area (Å²) < 4.78 is 7.64. The van der Waals surface area contributed by atoms with E-state index in [4.69, 9.17) is 4.74 Å². The largest absolute Gasteiger partial charge is 0.375 e. The van der Waals surface area contributed by atoms with Gasteiger partial charge in [0.1, 0.15) is 0 Å². The second-order valence-corrected chi connectivity index (χ2v) is 6.77. The molecule has 7 heteroatoms. The summed E-state index contributed by atoms with van der Waals surface area (Å²) in [5, 5.41) is 0. The van der Waals surface area contributed by atoms with Crippen LogP contribution in [0.2, 0.25) is 0 Å². The molecular weight excluding hydrogens is 356 g/mol. The van der Waals surface area contributed by atoms with Crippen LogP contribution in [0.5, 0.6) is 0 Å². The van der Waals surface area contributed by atoms with E-state index in [-0.39, 0.29) is 11.5 Å². The van der Waals surface area contributed by atoms with Crippen LogP contribution < -0.4 is 11.2 Å². The number of aryl methyl sites for hydroxylation is 2. The summed E-state index contributed by atoms with van der Waals surface area (Å²) in [6.07, 6.45) is 0. The van der Waals surface area contributed by atoms with Crippen LogP contribution >= 0.6 is 0 Å².